The van der Waals surface area contributed by atoms with Crippen molar-refractivity contribution in [2.45, 2.75) is 18.9 Å². The predicted molar refractivity (Wildman–Crippen MR) is 137 cm³/mol. The Morgan fingerprint density at radius 2 is 1.83 bits per heavy atom. The van der Waals surface area contributed by atoms with Crippen LogP contribution in [-0.2, 0) is 4.79 Å². The van der Waals surface area contributed by atoms with Crippen molar-refractivity contribution >= 4 is 46.5 Å². The predicted octanol–water partition coefficient (Wildman–Crippen LogP) is 2.87. The van der Waals surface area contributed by atoms with E-state index in [1.807, 2.05) is 18.2 Å². The van der Waals surface area contributed by atoms with Gasteiger partial charge in [-0.25, -0.2) is 0 Å². The van der Waals surface area contributed by atoms with Gasteiger partial charge in [-0.05, 0) is 55.4 Å². The molecule has 3 heterocycles. The average Bonchev–Trinajstić information content (AvgIpc) is 3.54. The number of rotatable bonds is 8. The summed E-state index contributed by atoms with van der Waals surface area (Å²) >= 11 is 0.892. The van der Waals surface area contributed by atoms with Gasteiger partial charge in [-0.3, -0.25) is 29.4 Å². The molecule has 0 bridgehead atoms. The van der Waals surface area contributed by atoms with Crippen molar-refractivity contribution in [3.05, 3.63) is 64.1 Å². The summed E-state index contributed by atoms with van der Waals surface area (Å²) in [5, 5.41) is 5.45. The second-order valence-corrected chi connectivity index (χ2v) is 9.81. The van der Waals surface area contributed by atoms with Crippen LogP contribution in [0.25, 0.3) is 6.08 Å². The first-order valence-corrected chi connectivity index (χ1v) is 12.6. The Hall–Kier alpha value is -3.63. The molecule has 0 aliphatic carbocycles. The minimum absolute atomic E-state index is 0.225. The number of anilines is 1. The van der Waals surface area contributed by atoms with Crippen LogP contribution in [0.2, 0.25) is 0 Å². The molecule has 2 N–H and O–H groups in total. The highest BCUT2D eigenvalue weighted by Gasteiger charge is 2.34. The van der Waals surface area contributed by atoms with Gasteiger partial charge >= 0.3 is 0 Å². The molecule has 0 saturated carbocycles. The first-order chi connectivity index (χ1) is 17.5. The molecule has 0 unspecified atom stereocenters. The molecule has 2 fully saturated rings. The molecule has 3 aliphatic heterocycles. The van der Waals surface area contributed by atoms with Gasteiger partial charge in [-0.1, -0.05) is 24.3 Å². The summed E-state index contributed by atoms with van der Waals surface area (Å²) in [4.78, 5) is 52.6. The fourth-order valence-electron chi connectivity index (χ4n) is 4.84. The van der Waals surface area contributed by atoms with Crippen LogP contribution >= 0.6 is 11.8 Å². The fraction of sp³-hybridized carbons (Fsp3) is 0.308. The summed E-state index contributed by atoms with van der Waals surface area (Å²) in [6.45, 7) is 2.58. The number of fused-ring (bicyclic) bond motifs is 1. The highest BCUT2D eigenvalue weighted by atomic mass is 32.2. The largest absolute Gasteiger partial charge is 0.495 e. The number of nitrogens with zero attached hydrogens (tertiary/aromatic N) is 2. The number of carbonyl (C=O) groups is 4. The number of nitrogens with one attached hydrogen (secondary N) is 2. The molecule has 2 aromatic rings. The van der Waals surface area contributed by atoms with Crippen molar-refractivity contribution in [3.63, 3.8) is 0 Å². The number of imide groups is 2. The van der Waals surface area contributed by atoms with E-state index in [1.165, 1.54) is 4.90 Å². The number of carbonyl (C=O) groups excluding carboxylic acids is 4. The maximum Gasteiger partial charge on any atom is 0.290 e. The highest BCUT2D eigenvalue weighted by molar-refractivity contribution is 8.18. The highest BCUT2D eigenvalue weighted by Crippen LogP contribution is 2.37. The van der Waals surface area contributed by atoms with E-state index in [9.17, 15) is 19.2 Å². The molecule has 2 aromatic carbocycles. The molecule has 5 rings (SSSR count). The summed E-state index contributed by atoms with van der Waals surface area (Å²) in [5.41, 5.74) is 2.65. The lowest BCUT2D eigenvalue weighted by molar-refractivity contribution is -0.115. The lowest BCUT2D eigenvalue weighted by Gasteiger charge is -2.24. The van der Waals surface area contributed by atoms with E-state index in [4.69, 9.17) is 4.74 Å². The molecule has 0 spiro atoms. The Kier molecular flexibility index (Phi) is 6.80. The Morgan fingerprint density at radius 1 is 1.08 bits per heavy atom. The van der Waals surface area contributed by atoms with Crippen LogP contribution in [0, 0.1) is 0 Å². The average molecular weight is 507 g/mol. The fourth-order valence-corrected chi connectivity index (χ4v) is 5.51. The van der Waals surface area contributed by atoms with Gasteiger partial charge in [0.05, 0.1) is 28.8 Å². The van der Waals surface area contributed by atoms with E-state index >= 15 is 0 Å². The van der Waals surface area contributed by atoms with Gasteiger partial charge in [0.25, 0.3) is 23.0 Å². The van der Waals surface area contributed by atoms with Crippen LogP contribution in [0.15, 0.2) is 47.4 Å². The molecule has 10 heteroatoms. The van der Waals surface area contributed by atoms with Crippen LogP contribution in [-0.4, -0.2) is 67.2 Å². The minimum atomic E-state index is -0.391. The number of benzene rings is 2. The third kappa shape index (κ3) is 4.61. The van der Waals surface area contributed by atoms with Crippen molar-refractivity contribution in [2.24, 2.45) is 0 Å². The maximum atomic E-state index is 12.5. The smallest absolute Gasteiger partial charge is 0.290 e. The zero-order chi connectivity index (χ0) is 25.2. The van der Waals surface area contributed by atoms with Crippen molar-refractivity contribution in [1.29, 1.82) is 0 Å². The summed E-state index contributed by atoms with van der Waals surface area (Å²) in [6, 6.07) is 12.8. The van der Waals surface area contributed by atoms with Gasteiger partial charge in [0.1, 0.15) is 5.75 Å². The van der Waals surface area contributed by atoms with E-state index in [-0.39, 0.29) is 23.1 Å². The van der Waals surface area contributed by atoms with Gasteiger partial charge < -0.3 is 15.0 Å². The molecule has 186 valence electrons. The molecule has 0 aromatic heterocycles. The quantitative estimate of drug-likeness (QED) is 0.320. The summed E-state index contributed by atoms with van der Waals surface area (Å²) in [7, 11) is 1.61. The Morgan fingerprint density at radius 3 is 2.50 bits per heavy atom. The molecule has 36 heavy (non-hydrogen) atoms. The number of thioether (sulfide) groups is 1. The number of methoxy groups -OCH3 is 1. The Balaban J connectivity index is 1.19. The Labute approximate surface area is 212 Å². The van der Waals surface area contributed by atoms with E-state index < -0.39 is 5.91 Å². The van der Waals surface area contributed by atoms with E-state index in [0.29, 0.717) is 41.3 Å². The lowest BCUT2D eigenvalue weighted by atomic mass is 10.1. The number of ether oxygens (including phenoxy) is 1. The zero-order valence-corrected chi connectivity index (χ0v) is 20.6. The second-order valence-electron chi connectivity index (χ2n) is 8.80. The molecule has 0 radical (unpaired) electrons. The normalized spacial score (nSPS) is 20.5. The molecular formula is C26H26N4O5S. The van der Waals surface area contributed by atoms with Gasteiger partial charge in [0.2, 0.25) is 0 Å². The lowest BCUT2D eigenvalue weighted by Crippen LogP contribution is -2.36. The first-order valence-electron chi connectivity index (χ1n) is 11.8. The summed E-state index contributed by atoms with van der Waals surface area (Å²) in [6.07, 6.45) is 3.30. The number of hydrogen-bond acceptors (Lipinski definition) is 8. The van der Waals surface area contributed by atoms with Crippen LogP contribution in [0.1, 0.15) is 39.1 Å². The van der Waals surface area contributed by atoms with Crippen LogP contribution in [0.3, 0.4) is 0 Å². The topological polar surface area (TPSA) is 108 Å². The van der Waals surface area contributed by atoms with E-state index in [0.717, 1.165) is 42.5 Å². The second kappa shape index (κ2) is 10.2. The number of hydrogen-bond donors (Lipinski definition) is 2. The summed E-state index contributed by atoms with van der Waals surface area (Å²) < 4.78 is 5.61. The number of para-hydroxylation sites is 1. The minimum Gasteiger partial charge on any atom is -0.495 e. The molecule has 2 saturated heterocycles. The summed E-state index contributed by atoms with van der Waals surface area (Å²) in [5.74, 6) is -0.143. The molecule has 1 atom stereocenters. The number of amides is 4. The van der Waals surface area contributed by atoms with Crippen molar-refractivity contribution < 1.29 is 23.9 Å². The van der Waals surface area contributed by atoms with Gasteiger partial charge in [0, 0.05) is 31.2 Å². The zero-order valence-electron chi connectivity index (χ0n) is 19.8. The van der Waals surface area contributed by atoms with E-state index in [1.54, 1.807) is 37.5 Å². The van der Waals surface area contributed by atoms with Gasteiger partial charge in [-0.2, -0.15) is 0 Å². The molecule has 4 amide bonds. The Bertz CT molecular complexity index is 1240. The third-order valence-electron chi connectivity index (χ3n) is 6.55. The first kappa shape index (κ1) is 24.1. The molecular weight excluding hydrogens is 480 g/mol. The maximum absolute atomic E-state index is 12.5. The van der Waals surface area contributed by atoms with Gasteiger partial charge in [-0.15, -0.1) is 0 Å². The van der Waals surface area contributed by atoms with E-state index in [2.05, 4.69) is 15.5 Å². The van der Waals surface area contributed by atoms with Gasteiger partial charge in [0.15, 0.2) is 0 Å². The van der Waals surface area contributed by atoms with Crippen LogP contribution in [0.4, 0.5) is 10.5 Å². The molecule has 3 aliphatic rings. The van der Waals surface area contributed by atoms with Crippen molar-refractivity contribution in [2.75, 3.05) is 38.2 Å². The van der Waals surface area contributed by atoms with Crippen LogP contribution < -0.4 is 20.3 Å². The van der Waals surface area contributed by atoms with Crippen molar-refractivity contribution in [1.82, 2.24) is 15.5 Å². The monoisotopic (exact) mass is 506 g/mol. The SMILES string of the molecule is COc1cccc(/C=C2\SC(=O)NC2=O)c1N1CC[C@H](NCCCN2C(=O)c3ccccc3C2=O)C1. The van der Waals surface area contributed by atoms with Crippen molar-refractivity contribution in [3.8, 4) is 5.75 Å². The standard InChI is InChI=1S/C26H26N4O5S/c1-35-20-9-4-6-16(14-21-23(31)28-26(34)36-21)22(20)29-13-10-17(15-29)27-11-5-12-30-24(32)18-7-2-3-8-19(18)25(30)33/h2-4,6-9,14,17,27H,5,10-13,15H2,1H3,(H,28,31,34)/b21-14-/t17-/m0/s1. The molecule has 9 nitrogen and oxygen atoms in total. The van der Waals surface area contributed by atoms with Crippen LogP contribution in [0.5, 0.6) is 5.75 Å². The third-order valence-corrected chi connectivity index (χ3v) is 7.36.